The lowest BCUT2D eigenvalue weighted by atomic mass is 9.93. The van der Waals surface area contributed by atoms with Crippen molar-refractivity contribution in [3.8, 4) is 0 Å². The molecule has 2 unspecified atom stereocenters. The first-order valence-electron chi connectivity index (χ1n) is 6.15. The first-order chi connectivity index (χ1) is 7.66. The fourth-order valence-electron chi connectivity index (χ4n) is 3.02. The molecular formula is C13H19NOS. The fraction of sp³-hybridized carbons (Fsp3) is 0.692. The number of thiophene rings is 1. The van der Waals surface area contributed by atoms with Crippen molar-refractivity contribution in [1.82, 2.24) is 4.90 Å². The zero-order valence-electron chi connectivity index (χ0n) is 9.72. The highest BCUT2D eigenvalue weighted by Gasteiger charge is 2.45. The summed E-state index contributed by atoms with van der Waals surface area (Å²) in [5.41, 5.74) is 0.806. The smallest absolute Gasteiger partial charge is 0.0829 e. The van der Waals surface area contributed by atoms with E-state index in [1.807, 2.05) is 0 Å². The molecule has 3 rings (SSSR count). The molecule has 0 bridgehead atoms. The Morgan fingerprint density at radius 3 is 3.00 bits per heavy atom. The molecule has 88 valence electrons. The van der Waals surface area contributed by atoms with Gasteiger partial charge in [-0.25, -0.2) is 0 Å². The number of hydrogen-bond donors (Lipinski definition) is 1. The van der Waals surface area contributed by atoms with Crippen LogP contribution in [0.1, 0.15) is 31.7 Å². The minimum atomic E-state index is -0.483. The van der Waals surface area contributed by atoms with Gasteiger partial charge in [-0.2, -0.15) is 11.3 Å². The van der Waals surface area contributed by atoms with E-state index in [1.165, 1.54) is 18.4 Å². The third-order valence-corrected chi connectivity index (χ3v) is 4.58. The standard InChI is InChI=1S/C13H19NOS/c1-10-6-13(15,7-11-4-5-16-8-11)9-14(10)12-2-3-12/h4-5,8,10,12,15H,2-3,6-7,9H2,1H3. The summed E-state index contributed by atoms with van der Waals surface area (Å²) in [6.45, 7) is 3.12. The minimum Gasteiger partial charge on any atom is -0.388 e. The van der Waals surface area contributed by atoms with Crippen molar-refractivity contribution >= 4 is 11.3 Å². The molecule has 2 atom stereocenters. The molecule has 0 radical (unpaired) electrons. The first-order valence-corrected chi connectivity index (χ1v) is 7.10. The highest BCUT2D eigenvalue weighted by molar-refractivity contribution is 7.07. The average molecular weight is 237 g/mol. The molecule has 1 aromatic heterocycles. The van der Waals surface area contributed by atoms with Crippen LogP contribution in [0.3, 0.4) is 0 Å². The van der Waals surface area contributed by atoms with E-state index in [-0.39, 0.29) is 0 Å². The Balaban J connectivity index is 1.69. The molecule has 0 spiro atoms. The van der Waals surface area contributed by atoms with Crippen LogP contribution in [-0.2, 0) is 6.42 Å². The van der Waals surface area contributed by atoms with E-state index in [2.05, 4.69) is 28.7 Å². The third kappa shape index (κ3) is 2.04. The molecule has 2 fully saturated rings. The molecule has 2 heterocycles. The van der Waals surface area contributed by atoms with E-state index < -0.39 is 5.60 Å². The van der Waals surface area contributed by atoms with Crippen LogP contribution in [0.25, 0.3) is 0 Å². The molecule has 0 aromatic carbocycles. The summed E-state index contributed by atoms with van der Waals surface area (Å²) < 4.78 is 0. The maximum atomic E-state index is 10.6. The maximum absolute atomic E-state index is 10.6. The Morgan fingerprint density at radius 2 is 2.38 bits per heavy atom. The number of hydrogen-bond acceptors (Lipinski definition) is 3. The normalized spacial score (nSPS) is 35.8. The fourth-order valence-corrected chi connectivity index (χ4v) is 3.69. The minimum absolute atomic E-state index is 0.483. The van der Waals surface area contributed by atoms with Crippen molar-refractivity contribution in [3.05, 3.63) is 22.4 Å². The third-order valence-electron chi connectivity index (χ3n) is 3.85. The molecular weight excluding hydrogens is 218 g/mol. The Kier molecular flexibility index (Phi) is 2.57. The van der Waals surface area contributed by atoms with Gasteiger partial charge in [0.15, 0.2) is 0 Å². The lowest BCUT2D eigenvalue weighted by molar-refractivity contribution is 0.0488. The Bertz CT molecular complexity index is 360. The second kappa shape index (κ2) is 3.83. The molecule has 1 saturated carbocycles. The van der Waals surface area contributed by atoms with Crippen molar-refractivity contribution in [2.75, 3.05) is 6.54 Å². The van der Waals surface area contributed by atoms with E-state index in [4.69, 9.17) is 0 Å². The summed E-state index contributed by atoms with van der Waals surface area (Å²) >= 11 is 1.72. The van der Waals surface area contributed by atoms with E-state index in [0.29, 0.717) is 6.04 Å². The van der Waals surface area contributed by atoms with Gasteiger partial charge in [0.25, 0.3) is 0 Å². The molecule has 1 saturated heterocycles. The molecule has 1 aromatic rings. The molecule has 16 heavy (non-hydrogen) atoms. The van der Waals surface area contributed by atoms with Crippen molar-refractivity contribution < 1.29 is 5.11 Å². The quantitative estimate of drug-likeness (QED) is 0.872. The molecule has 2 aliphatic rings. The summed E-state index contributed by atoms with van der Waals surface area (Å²) in [5, 5.41) is 14.9. The summed E-state index contributed by atoms with van der Waals surface area (Å²) in [4.78, 5) is 2.51. The average Bonchev–Trinajstić information content (AvgIpc) is 2.86. The van der Waals surface area contributed by atoms with E-state index >= 15 is 0 Å². The highest BCUT2D eigenvalue weighted by atomic mass is 32.1. The van der Waals surface area contributed by atoms with Gasteiger partial charge in [-0.15, -0.1) is 0 Å². The predicted octanol–water partition coefficient (Wildman–Crippen LogP) is 2.28. The van der Waals surface area contributed by atoms with Gasteiger partial charge in [-0.3, -0.25) is 4.90 Å². The van der Waals surface area contributed by atoms with Crippen molar-refractivity contribution in [3.63, 3.8) is 0 Å². The molecule has 1 N–H and O–H groups in total. The van der Waals surface area contributed by atoms with Gasteiger partial charge in [0, 0.05) is 25.0 Å². The second-order valence-corrected chi connectivity index (χ2v) is 6.27. The van der Waals surface area contributed by atoms with E-state index in [9.17, 15) is 5.11 Å². The zero-order valence-corrected chi connectivity index (χ0v) is 10.5. The number of rotatable bonds is 3. The number of β-amino-alcohol motifs (C(OH)–C–C–N with tert-alkyl or cyclic N) is 1. The molecule has 1 aliphatic heterocycles. The molecule has 0 amide bonds. The number of nitrogens with zero attached hydrogens (tertiary/aromatic N) is 1. The van der Waals surface area contributed by atoms with Gasteiger partial charge in [0.05, 0.1) is 5.60 Å². The summed E-state index contributed by atoms with van der Waals surface area (Å²) in [5.74, 6) is 0. The van der Waals surface area contributed by atoms with Crippen molar-refractivity contribution in [2.24, 2.45) is 0 Å². The second-order valence-electron chi connectivity index (χ2n) is 5.49. The maximum Gasteiger partial charge on any atom is 0.0829 e. The van der Waals surface area contributed by atoms with Crippen molar-refractivity contribution in [2.45, 2.75) is 50.3 Å². The van der Waals surface area contributed by atoms with Gasteiger partial charge < -0.3 is 5.11 Å². The molecule has 1 aliphatic carbocycles. The topological polar surface area (TPSA) is 23.5 Å². The lowest BCUT2D eigenvalue weighted by Gasteiger charge is -2.23. The Morgan fingerprint density at radius 1 is 1.56 bits per heavy atom. The summed E-state index contributed by atoms with van der Waals surface area (Å²) in [7, 11) is 0. The van der Waals surface area contributed by atoms with Crippen molar-refractivity contribution in [1.29, 1.82) is 0 Å². The van der Waals surface area contributed by atoms with Gasteiger partial charge in [-0.1, -0.05) is 0 Å². The monoisotopic (exact) mass is 237 g/mol. The van der Waals surface area contributed by atoms with Gasteiger partial charge in [-0.05, 0) is 48.6 Å². The van der Waals surface area contributed by atoms with E-state index in [1.54, 1.807) is 11.3 Å². The van der Waals surface area contributed by atoms with Crippen LogP contribution < -0.4 is 0 Å². The Labute approximate surface area is 101 Å². The van der Waals surface area contributed by atoms with Crippen LogP contribution in [0.2, 0.25) is 0 Å². The van der Waals surface area contributed by atoms with Crippen LogP contribution in [0.5, 0.6) is 0 Å². The zero-order chi connectivity index (χ0) is 11.2. The van der Waals surface area contributed by atoms with Crippen LogP contribution in [0.15, 0.2) is 16.8 Å². The van der Waals surface area contributed by atoms with Gasteiger partial charge >= 0.3 is 0 Å². The molecule has 2 nitrogen and oxygen atoms in total. The van der Waals surface area contributed by atoms with E-state index in [0.717, 1.165) is 25.4 Å². The SMILES string of the molecule is CC1CC(O)(Cc2ccsc2)CN1C1CC1. The highest BCUT2D eigenvalue weighted by Crippen LogP contribution is 2.38. The van der Waals surface area contributed by atoms with Crippen LogP contribution >= 0.6 is 11.3 Å². The Hall–Kier alpha value is -0.380. The summed E-state index contributed by atoms with van der Waals surface area (Å²) in [6.07, 6.45) is 4.42. The predicted molar refractivity (Wildman–Crippen MR) is 66.8 cm³/mol. The van der Waals surface area contributed by atoms with Gasteiger partial charge in [0.1, 0.15) is 0 Å². The number of likely N-dealkylation sites (tertiary alicyclic amines) is 1. The van der Waals surface area contributed by atoms with Gasteiger partial charge in [0.2, 0.25) is 0 Å². The largest absolute Gasteiger partial charge is 0.388 e. The van der Waals surface area contributed by atoms with Crippen LogP contribution in [0, 0.1) is 0 Å². The van der Waals surface area contributed by atoms with Crippen LogP contribution in [0.4, 0.5) is 0 Å². The lowest BCUT2D eigenvalue weighted by Crippen LogP contribution is -2.36. The van der Waals surface area contributed by atoms with Crippen LogP contribution in [-0.4, -0.2) is 34.2 Å². The molecule has 3 heteroatoms. The number of aliphatic hydroxyl groups is 1. The first kappa shape index (κ1) is 10.8. The summed E-state index contributed by atoms with van der Waals surface area (Å²) in [6, 6.07) is 3.45.